The second-order valence-electron chi connectivity index (χ2n) is 5.53. The molecule has 0 bridgehead atoms. The normalized spacial score (nSPS) is 18.1. The van der Waals surface area contributed by atoms with Crippen molar-refractivity contribution in [1.29, 1.82) is 0 Å². The predicted octanol–water partition coefficient (Wildman–Crippen LogP) is 1.59. The summed E-state index contributed by atoms with van der Waals surface area (Å²) in [6.45, 7) is 4.05. The maximum absolute atomic E-state index is 12.0. The van der Waals surface area contributed by atoms with Crippen LogP contribution in [0.5, 0.6) is 5.75 Å². The zero-order valence-electron chi connectivity index (χ0n) is 13.0. The highest BCUT2D eigenvalue weighted by molar-refractivity contribution is 6.04. The summed E-state index contributed by atoms with van der Waals surface area (Å²) in [5, 5.41) is 2.27. The molecule has 1 aromatic carbocycles. The molecule has 6 nitrogen and oxygen atoms in total. The Labute approximate surface area is 129 Å². The molecule has 1 aromatic rings. The van der Waals surface area contributed by atoms with Gasteiger partial charge in [-0.3, -0.25) is 24.6 Å². The molecule has 0 aliphatic carbocycles. The van der Waals surface area contributed by atoms with Gasteiger partial charge in [0, 0.05) is 6.42 Å². The van der Waals surface area contributed by atoms with Gasteiger partial charge in [-0.25, -0.2) is 0 Å². The van der Waals surface area contributed by atoms with Crippen molar-refractivity contribution in [3.05, 3.63) is 23.8 Å². The van der Waals surface area contributed by atoms with Crippen molar-refractivity contribution >= 4 is 23.9 Å². The van der Waals surface area contributed by atoms with Gasteiger partial charge in [0.2, 0.25) is 18.2 Å². The van der Waals surface area contributed by atoms with E-state index in [0.717, 1.165) is 5.56 Å². The van der Waals surface area contributed by atoms with Gasteiger partial charge in [-0.05, 0) is 24.0 Å². The molecular weight excluding hydrogens is 284 g/mol. The number of hydrogen-bond donors (Lipinski definition) is 1. The van der Waals surface area contributed by atoms with Crippen LogP contribution in [0.1, 0.15) is 38.2 Å². The molecule has 2 rings (SSSR count). The third-order valence-corrected chi connectivity index (χ3v) is 3.79. The number of piperidine rings is 1. The van der Waals surface area contributed by atoms with Gasteiger partial charge < -0.3 is 4.74 Å². The number of methoxy groups -OCH3 is 1. The summed E-state index contributed by atoms with van der Waals surface area (Å²) >= 11 is 0. The molecule has 1 N–H and O–H groups in total. The summed E-state index contributed by atoms with van der Waals surface area (Å²) < 4.78 is 5.47. The summed E-state index contributed by atoms with van der Waals surface area (Å²) in [5.74, 6) is 0.0230. The second kappa shape index (κ2) is 6.60. The SMILES string of the molecule is COc1c(C(C)C)cccc1N(C=O)C1CCC(=O)NC1=O. The zero-order valence-corrected chi connectivity index (χ0v) is 13.0. The third kappa shape index (κ3) is 2.95. The zero-order chi connectivity index (χ0) is 16.3. The molecule has 1 atom stereocenters. The van der Waals surface area contributed by atoms with Crippen molar-refractivity contribution in [2.45, 2.75) is 38.6 Å². The smallest absolute Gasteiger partial charge is 0.249 e. The highest BCUT2D eigenvalue weighted by Gasteiger charge is 2.33. The lowest BCUT2D eigenvalue weighted by Gasteiger charge is -2.31. The minimum atomic E-state index is -0.702. The van der Waals surface area contributed by atoms with E-state index in [1.807, 2.05) is 26.0 Å². The average molecular weight is 304 g/mol. The summed E-state index contributed by atoms with van der Waals surface area (Å²) in [7, 11) is 1.54. The Bertz CT molecular complexity index is 598. The molecule has 1 aliphatic rings. The Hall–Kier alpha value is -2.37. The fourth-order valence-electron chi connectivity index (χ4n) is 2.67. The quantitative estimate of drug-likeness (QED) is 0.662. The topological polar surface area (TPSA) is 75.7 Å². The molecule has 1 fully saturated rings. The minimum Gasteiger partial charge on any atom is -0.494 e. The lowest BCUT2D eigenvalue weighted by atomic mass is 9.99. The first-order valence-corrected chi connectivity index (χ1v) is 7.23. The average Bonchev–Trinajstić information content (AvgIpc) is 2.49. The Kier molecular flexibility index (Phi) is 4.80. The van der Waals surface area contributed by atoms with Gasteiger partial charge in [-0.2, -0.15) is 0 Å². The van der Waals surface area contributed by atoms with Crippen molar-refractivity contribution in [2.24, 2.45) is 0 Å². The molecule has 22 heavy (non-hydrogen) atoms. The Morgan fingerprint density at radius 3 is 2.64 bits per heavy atom. The highest BCUT2D eigenvalue weighted by atomic mass is 16.5. The number of anilines is 1. The van der Waals surface area contributed by atoms with E-state index in [1.165, 1.54) is 12.0 Å². The van der Waals surface area contributed by atoms with E-state index in [4.69, 9.17) is 4.74 Å². The van der Waals surface area contributed by atoms with E-state index < -0.39 is 11.9 Å². The Balaban J connectivity index is 2.43. The molecule has 0 aromatic heterocycles. The van der Waals surface area contributed by atoms with Crippen molar-refractivity contribution < 1.29 is 19.1 Å². The number of amides is 3. The van der Waals surface area contributed by atoms with E-state index in [9.17, 15) is 14.4 Å². The number of rotatable bonds is 5. The van der Waals surface area contributed by atoms with Crippen LogP contribution >= 0.6 is 0 Å². The van der Waals surface area contributed by atoms with Crippen LogP contribution in [0, 0.1) is 0 Å². The van der Waals surface area contributed by atoms with Crippen LogP contribution in [0.25, 0.3) is 0 Å². The van der Waals surface area contributed by atoms with Crippen molar-refractivity contribution in [1.82, 2.24) is 5.32 Å². The molecule has 1 unspecified atom stereocenters. The number of benzene rings is 1. The van der Waals surface area contributed by atoms with Gasteiger partial charge in [-0.15, -0.1) is 0 Å². The third-order valence-electron chi connectivity index (χ3n) is 3.79. The first-order valence-electron chi connectivity index (χ1n) is 7.23. The standard InChI is InChI=1S/C16H20N2O4/c1-10(2)11-5-4-6-12(15(11)22-3)18(9-19)13-7-8-14(20)17-16(13)21/h4-6,9-10,13H,7-8H2,1-3H3,(H,17,20,21). The lowest BCUT2D eigenvalue weighted by molar-refractivity contribution is -0.134. The fourth-order valence-corrected chi connectivity index (χ4v) is 2.67. The molecule has 0 spiro atoms. The molecule has 6 heteroatoms. The molecule has 0 saturated carbocycles. The Morgan fingerprint density at radius 2 is 2.09 bits per heavy atom. The van der Waals surface area contributed by atoms with E-state index in [1.54, 1.807) is 6.07 Å². The van der Waals surface area contributed by atoms with Crippen LogP contribution < -0.4 is 15.0 Å². The number of carbonyl (C=O) groups excluding carboxylic acids is 3. The van der Waals surface area contributed by atoms with Crippen LogP contribution in [0.2, 0.25) is 0 Å². The molecule has 1 heterocycles. The van der Waals surface area contributed by atoms with Crippen molar-refractivity contribution in [3.63, 3.8) is 0 Å². The Morgan fingerprint density at radius 1 is 1.36 bits per heavy atom. The summed E-state index contributed by atoms with van der Waals surface area (Å²) in [6.07, 6.45) is 1.13. The van der Waals surface area contributed by atoms with Crippen molar-refractivity contribution in [2.75, 3.05) is 12.0 Å². The van der Waals surface area contributed by atoms with Gasteiger partial charge in [-0.1, -0.05) is 26.0 Å². The predicted molar refractivity (Wildman–Crippen MR) is 81.8 cm³/mol. The number of carbonyl (C=O) groups is 3. The van der Waals surface area contributed by atoms with Gasteiger partial charge in [0.25, 0.3) is 0 Å². The minimum absolute atomic E-state index is 0.213. The van der Waals surface area contributed by atoms with E-state index in [2.05, 4.69) is 5.32 Å². The number of nitrogens with one attached hydrogen (secondary N) is 1. The highest BCUT2D eigenvalue weighted by Crippen LogP contribution is 2.37. The fraction of sp³-hybridized carbons (Fsp3) is 0.438. The molecule has 1 aliphatic heterocycles. The number of para-hydroxylation sites is 1. The van der Waals surface area contributed by atoms with E-state index in [-0.39, 0.29) is 18.2 Å². The van der Waals surface area contributed by atoms with Gasteiger partial charge >= 0.3 is 0 Å². The molecule has 3 amide bonds. The van der Waals surface area contributed by atoms with Crippen LogP contribution in [-0.2, 0) is 14.4 Å². The first-order chi connectivity index (χ1) is 10.5. The van der Waals surface area contributed by atoms with Crippen LogP contribution in [-0.4, -0.2) is 31.4 Å². The van der Waals surface area contributed by atoms with Gasteiger partial charge in [0.1, 0.15) is 11.8 Å². The van der Waals surface area contributed by atoms with Crippen LogP contribution in [0.4, 0.5) is 5.69 Å². The van der Waals surface area contributed by atoms with E-state index >= 15 is 0 Å². The van der Waals surface area contributed by atoms with Gasteiger partial charge in [0.15, 0.2) is 0 Å². The maximum atomic E-state index is 12.0. The maximum Gasteiger partial charge on any atom is 0.249 e. The summed E-state index contributed by atoms with van der Waals surface area (Å²) in [6, 6.07) is 4.80. The molecular formula is C16H20N2O4. The second-order valence-corrected chi connectivity index (χ2v) is 5.53. The molecule has 118 valence electrons. The molecule has 0 radical (unpaired) electrons. The monoisotopic (exact) mass is 304 g/mol. The summed E-state index contributed by atoms with van der Waals surface area (Å²) in [5.41, 5.74) is 1.50. The lowest BCUT2D eigenvalue weighted by Crippen LogP contribution is -2.52. The van der Waals surface area contributed by atoms with Crippen LogP contribution in [0.15, 0.2) is 18.2 Å². The molecule has 1 saturated heterocycles. The number of ether oxygens (including phenoxy) is 1. The first kappa shape index (κ1) is 16.0. The van der Waals surface area contributed by atoms with Gasteiger partial charge in [0.05, 0.1) is 12.8 Å². The number of hydrogen-bond acceptors (Lipinski definition) is 4. The largest absolute Gasteiger partial charge is 0.494 e. The van der Waals surface area contributed by atoms with Crippen LogP contribution in [0.3, 0.4) is 0 Å². The summed E-state index contributed by atoms with van der Waals surface area (Å²) in [4.78, 5) is 36.2. The van der Waals surface area contributed by atoms with Crippen molar-refractivity contribution in [3.8, 4) is 5.75 Å². The van der Waals surface area contributed by atoms with E-state index in [0.29, 0.717) is 24.3 Å². The number of imide groups is 1. The number of nitrogens with zero attached hydrogens (tertiary/aromatic N) is 1.